The Kier molecular flexibility index (Phi) is 6.08. The SMILES string of the molecule is CCCS(=O)(=O)NC1CCN(Cn2cc(C(=O)OC)nn2)CC1. The highest BCUT2D eigenvalue weighted by Gasteiger charge is 2.23. The zero-order valence-corrected chi connectivity index (χ0v) is 14.3. The number of carbonyl (C=O) groups excluding carboxylic acids is 1. The van der Waals surface area contributed by atoms with E-state index in [1.807, 2.05) is 6.92 Å². The number of methoxy groups -OCH3 is 1. The smallest absolute Gasteiger partial charge is 0.360 e. The van der Waals surface area contributed by atoms with Crippen LogP contribution in [0.5, 0.6) is 0 Å². The number of aromatic nitrogens is 3. The molecular formula is C13H23N5O4S. The second-order valence-electron chi connectivity index (χ2n) is 5.61. The van der Waals surface area contributed by atoms with E-state index < -0.39 is 16.0 Å². The van der Waals surface area contributed by atoms with Crippen LogP contribution in [0.4, 0.5) is 0 Å². The lowest BCUT2D eigenvalue weighted by Crippen LogP contribution is -2.45. The molecule has 1 aliphatic rings. The van der Waals surface area contributed by atoms with Crippen molar-refractivity contribution in [1.29, 1.82) is 0 Å². The minimum absolute atomic E-state index is 0.0100. The summed E-state index contributed by atoms with van der Waals surface area (Å²) in [6.07, 6.45) is 3.66. The van der Waals surface area contributed by atoms with E-state index in [0.29, 0.717) is 13.1 Å². The van der Waals surface area contributed by atoms with Gasteiger partial charge in [0.15, 0.2) is 5.69 Å². The third-order valence-corrected chi connectivity index (χ3v) is 5.32. The van der Waals surface area contributed by atoms with Crippen molar-refractivity contribution < 1.29 is 17.9 Å². The summed E-state index contributed by atoms with van der Waals surface area (Å²) in [6, 6.07) is -0.0100. The molecule has 1 N–H and O–H groups in total. The highest BCUT2D eigenvalue weighted by molar-refractivity contribution is 7.89. The predicted molar refractivity (Wildman–Crippen MR) is 83.2 cm³/mol. The number of ether oxygens (including phenoxy) is 1. The van der Waals surface area contributed by atoms with E-state index in [0.717, 1.165) is 25.9 Å². The van der Waals surface area contributed by atoms with Crippen LogP contribution in [0, 0.1) is 0 Å². The topological polar surface area (TPSA) is 106 Å². The van der Waals surface area contributed by atoms with Crippen molar-refractivity contribution in [3.63, 3.8) is 0 Å². The molecule has 0 amide bonds. The zero-order chi connectivity index (χ0) is 16.9. The summed E-state index contributed by atoms with van der Waals surface area (Å²) in [6.45, 7) is 3.88. The Morgan fingerprint density at radius 3 is 2.74 bits per heavy atom. The number of hydrogen-bond donors (Lipinski definition) is 1. The summed E-state index contributed by atoms with van der Waals surface area (Å²) in [5, 5.41) is 7.65. The van der Waals surface area contributed by atoms with E-state index in [4.69, 9.17) is 0 Å². The molecule has 10 heteroatoms. The predicted octanol–water partition coefficient (Wildman–Crippen LogP) is -0.184. The fraction of sp³-hybridized carbons (Fsp3) is 0.769. The van der Waals surface area contributed by atoms with Crippen molar-refractivity contribution >= 4 is 16.0 Å². The molecule has 0 spiro atoms. The normalized spacial score (nSPS) is 17.3. The molecule has 130 valence electrons. The van der Waals surface area contributed by atoms with Crippen LogP contribution < -0.4 is 4.72 Å². The van der Waals surface area contributed by atoms with E-state index in [-0.39, 0.29) is 17.5 Å². The molecule has 1 aliphatic heterocycles. The van der Waals surface area contributed by atoms with Crippen LogP contribution in [-0.4, -0.2) is 66.3 Å². The van der Waals surface area contributed by atoms with Gasteiger partial charge in [-0.2, -0.15) is 0 Å². The number of piperidine rings is 1. The van der Waals surface area contributed by atoms with Crippen molar-refractivity contribution in [2.45, 2.75) is 38.9 Å². The summed E-state index contributed by atoms with van der Waals surface area (Å²) in [4.78, 5) is 13.5. The van der Waals surface area contributed by atoms with E-state index in [2.05, 4.69) is 24.7 Å². The first kappa shape index (κ1) is 17.8. The number of carbonyl (C=O) groups is 1. The van der Waals surface area contributed by atoms with E-state index >= 15 is 0 Å². The quantitative estimate of drug-likeness (QED) is 0.683. The first-order valence-corrected chi connectivity index (χ1v) is 9.29. The molecule has 0 aliphatic carbocycles. The number of hydrogen-bond acceptors (Lipinski definition) is 7. The van der Waals surface area contributed by atoms with Crippen molar-refractivity contribution in [3.8, 4) is 0 Å². The third kappa shape index (κ3) is 5.26. The van der Waals surface area contributed by atoms with Crippen molar-refractivity contribution in [1.82, 2.24) is 24.6 Å². The molecule has 2 heterocycles. The maximum atomic E-state index is 11.8. The second-order valence-corrected chi connectivity index (χ2v) is 7.48. The molecule has 2 rings (SSSR count). The molecule has 1 aromatic rings. The molecule has 0 aromatic carbocycles. The monoisotopic (exact) mass is 345 g/mol. The number of nitrogens with one attached hydrogen (secondary N) is 1. The van der Waals surface area contributed by atoms with Gasteiger partial charge in [0.05, 0.1) is 25.7 Å². The molecule has 1 aromatic heterocycles. The Morgan fingerprint density at radius 2 is 2.13 bits per heavy atom. The van der Waals surface area contributed by atoms with Crippen LogP contribution in [0.2, 0.25) is 0 Å². The Morgan fingerprint density at radius 1 is 1.43 bits per heavy atom. The molecule has 23 heavy (non-hydrogen) atoms. The van der Waals surface area contributed by atoms with E-state index in [1.165, 1.54) is 7.11 Å². The van der Waals surface area contributed by atoms with Crippen LogP contribution in [0.3, 0.4) is 0 Å². The molecule has 0 bridgehead atoms. The zero-order valence-electron chi connectivity index (χ0n) is 13.4. The van der Waals surface area contributed by atoms with Crippen LogP contribution in [0.15, 0.2) is 6.20 Å². The number of esters is 1. The van der Waals surface area contributed by atoms with Gasteiger partial charge in [-0.25, -0.2) is 22.6 Å². The van der Waals surface area contributed by atoms with Gasteiger partial charge in [0, 0.05) is 19.1 Å². The van der Waals surface area contributed by atoms with Gasteiger partial charge in [-0.15, -0.1) is 5.10 Å². The second kappa shape index (κ2) is 7.84. The maximum Gasteiger partial charge on any atom is 0.360 e. The molecule has 1 saturated heterocycles. The Balaban J connectivity index is 1.81. The molecule has 9 nitrogen and oxygen atoms in total. The van der Waals surface area contributed by atoms with E-state index in [9.17, 15) is 13.2 Å². The molecule has 0 unspecified atom stereocenters. The van der Waals surface area contributed by atoms with Crippen molar-refractivity contribution in [3.05, 3.63) is 11.9 Å². The molecule has 0 atom stereocenters. The lowest BCUT2D eigenvalue weighted by Gasteiger charge is -2.31. The summed E-state index contributed by atoms with van der Waals surface area (Å²) in [7, 11) is -1.87. The van der Waals surface area contributed by atoms with Gasteiger partial charge in [-0.1, -0.05) is 12.1 Å². The van der Waals surface area contributed by atoms with Crippen LogP contribution in [0.1, 0.15) is 36.7 Å². The standard InChI is InChI=1S/C13H23N5O4S/c1-3-8-23(20,21)15-11-4-6-17(7-5-11)10-18-9-12(14-16-18)13(19)22-2/h9,11,15H,3-8,10H2,1-2H3. The minimum Gasteiger partial charge on any atom is -0.464 e. The van der Waals surface area contributed by atoms with Crippen molar-refractivity contribution in [2.75, 3.05) is 26.0 Å². The Bertz CT molecular complexity index is 622. The van der Waals surface area contributed by atoms with Gasteiger partial charge in [-0.3, -0.25) is 4.90 Å². The van der Waals surface area contributed by atoms with Gasteiger partial charge < -0.3 is 4.74 Å². The molecular weight excluding hydrogens is 322 g/mol. The highest BCUT2D eigenvalue weighted by Crippen LogP contribution is 2.12. The fourth-order valence-electron chi connectivity index (χ4n) is 2.54. The minimum atomic E-state index is -3.16. The van der Waals surface area contributed by atoms with Gasteiger partial charge >= 0.3 is 5.97 Å². The lowest BCUT2D eigenvalue weighted by atomic mass is 10.1. The summed E-state index contributed by atoms with van der Waals surface area (Å²) >= 11 is 0. The summed E-state index contributed by atoms with van der Waals surface area (Å²) in [5.74, 6) is -0.344. The summed E-state index contributed by atoms with van der Waals surface area (Å²) < 4.78 is 32.5. The molecule has 0 saturated carbocycles. The summed E-state index contributed by atoms with van der Waals surface area (Å²) in [5.41, 5.74) is 0.176. The van der Waals surface area contributed by atoms with Crippen LogP contribution >= 0.6 is 0 Å². The maximum absolute atomic E-state index is 11.8. The van der Waals surface area contributed by atoms with Gasteiger partial charge in [-0.05, 0) is 19.3 Å². The largest absolute Gasteiger partial charge is 0.464 e. The number of sulfonamides is 1. The van der Waals surface area contributed by atoms with E-state index in [1.54, 1.807) is 10.9 Å². The first-order chi connectivity index (χ1) is 10.9. The number of rotatable bonds is 7. The third-order valence-electron chi connectivity index (χ3n) is 3.68. The highest BCUT2D eigenvalue weighted by atomic mass is 32.2. The average Bonchev–Trinajstić information content (AvgIpc) is 2.96. The van der Waals surface area contributed by atoms with Gasteiger partial charge in [0.2, 0.25) is 10.0 Å². The molecule has 0 radical (unpaired) electrons. The molecule has 1 fully saturated rings. The van der Waals surface area contributed by atoms with Crippen LogP contribution in [0.25, 0.3) is 0 Å². The first-order valence-electron chi connectivity index (χ1n) is 7.64. The fourth-order valence-corrected chi connectivity index (χ4v) is 3.94. The Hall–Kier alpha value is -1.52. The lowest BCUT2D eigenvalue weighted by molar-refractivity contribution is 0.0594. The van der Waals surface area contributed by atoms with Gasteiger partial charge in [0.1, 0.15) is 0 Å². The van der Waals surface area contributed by atoms with Crippen LogP contribution in [-0.2, 0) is 21.4 Å². The average molecular weight is 345 g/mol. The Labute approximate surface area is 136 Å². The van der Waals surface area contributed by atoms with Gasteiger partial charge in [0.25, 0.3) is 0 Å². The number of nitrogens with zero attached hydrogens (tertiary/aromatic N) is 4. The number of likely N-dealkylation sites (tertiary alicyclic amines) is 1. The van der Waals surface area contributed by atoms with Crippen molar-refractivity contribution in [2.24, 2.45) is 0 Å².